The highest BCUT2D eigenvalue weighted by Gasteiger charge is 2.15. The van der Waals surface area contributed by atoms with E-state index in [1.54, 1.807) is 6.08 Å². The molecule has 3 heteroatoms. The molecule has 1 rings (SSSR count). The number of ether oxygens (including phenoxy) is 1. The van der Waals surface area contributed by atoms with Crippen LogP contribution in [0.15, 0.2) is 35.2 Å². The van der Waals surface area contributed by atoms with E-state index in [1.807, 2.05) is 7.05 Å². The van der Waals surface area contributed by atoms with Crippen molar-refractivity contribution in [2.75, 3.05) is 20.2 Å². The molecule has 0 aromatic rings. The lowest BCUT2D eigenvalue weighted by atomic mass is 10.3. The molecule has 0 atom stereocenters. The Kier molecular flexibility index (Phi) is 3.60. The van der Waals surface area contributed by atoms with Crippen molar-refractivity contribution < 1.29 is 4.74 Å². The van der Waals surface area contributed by atoms with Crippen molar-refractivity contribution in [3.8, 4) is 0 Å². The molecular weight excluding hydrogens is 230 g/mol. The number of likely N-dealkylation sites (N-methyl/N-ethyl adjacent to an activating group) is 1. The average Bonchev–Trinajstić information content (AvgIpc) is 2.26. The Morgan fingerprint density at radius 1 is 1.69 bits per heavy atom. The Labute approximate surface area is 87.7 Å². The van der Waals surface area contributed by atoms with Crippen LogP contribution in [0.4, 0.5) is 0 Å². The van der Waals surface area contributed by atoms with Gasteiger partial charge in [0.2, 0.25) is 0 Å². The third kappa shape index (κ3) is 2.37. The molecule has 72 valence electrons. The molecule has 2 nitrogen and oxygen atoms in total. The summed E-state index contributed by atoms with van der Waals surface area (Å²) in [5.74, 6) is 0.801. The Morgan fingerprint density at radius 3 is 2.92 bits per heavy atom. The molecule has 13 heavy (non-hydrogen) atoms. The SMILES string of the molecule is C=CC1=C(C(=C)Br)OCCCN1C. The standard InChI is InChI=1S/C10H14BrNO/c1-4-9-10(8(2)11)13-7-5-6-12(9)3/h4H,1-2,5-7H2,3H3. The van der Waals surface area contributed by atoms with Crippen LogP contribution in [0.1, 0.15) is 6.42 Å². The summed E-state index contributed by atoms with van der Waals surface area (Å²) in [7, 11) is 2.03. The molecule has 0 bridgehead atoms. The number of allylic oxidation sites excluding steroid dienone is 2. The van der Waals surface area contributed by atoms with E-state index in [1.165, 1.54) is 0 Å². The molecule has 0 aromatic heterocycles. The minimum absolute atomic E-state index is 0.738. The predicted molar refractivity (Wildman–Crippen MR) is 58.5 cm³/mol. The van der Waals surface area contributed by atoms with E-state index < -0.39 is 0 Å². The van der Waals surface area contributed by atoms with Crippen molar-refractivity contribution in [2.24, 2.45) is 0 Å². The Hall–Kier alpha value is -0.700. The summed E-state index contributed by atoms with van der Waals surface area (Å²) in [6, 6.07) is 0. The van der Waals surface area contributed by atoms with Crippen LogP contribution in [0.25, 0.3) is 0 Å². The summed E-state index contributed by atoms with van der Waals surface area (Å²) < 4.78 is 6.33. The molecular formula is C10H14BrNO. The Bertz CT molecular complexity index is 258. The highest BCUT2D eigenvalue weighted by Crippen LogP contribution is 2.24. The first-order valence-electron chi connectivity index (χ1n) is 4.22. The summed E-state index contributed by atoms with van der Waals surface area (Å²) in [5.41, 5.74) is 0.999. The first kappa shape index (κ1) is 10.4. The van der Waals surface area contributed by atoms with Gasteiger partial charge in [-0.2, -0.15) is 0 Å². The van der Waals surface area contributed by atoms with Gasteiger partial charge in [-0.15, -0.1) is 0 Å². The van der Waals surface area contributed by atoms with Gasteiger partial charge in [0, 0.05) is 13.6 Å². The Balaban J connectivity index is 3.02. The van der Waals surface area contributed by atoms with Gasteiger partial charge in [0.1, 0.15) is 0 Å². The lowest BCUT2D eigenvalue weighted by molar-refractivity contribution is 0.225. The third-order valence-electron chi connectivity index (χ3n) is 1.97. The highest BCUT2D eigenvalue weighted by atomic mass is 79.9. The molecule has 0 saturated carbocycles. The van der Waals surface area contributed by atoms with Gasteiger partial charge in [0.25, 0.3) is 0 Å². The van der Waals surface area contributed by atoms with E-state index in [4.69, 9.17) is 4.74 Å². The van der Waals surface area contributed by atoms with Gasteiger partial charge >= 0.3 is 0 Å². The number of hydrogen-bond donors (Lipinski definition) is 0. The van der Waals surface area contributed by atoms with Crippen LogP contribution in [-0.2, 0) is 4.74 Å². The summed E-state index contributed by atoms with van der Waals surface area (Å²) >= 11 is 3.33. The zero-order valence-electron chi connectivity index (χ0n) is 7.85. The molecule has 0 N–H and O–H groups in total. The minimum Gasteiger partial charge on any atom is -0.490 e. The first-order valence-corrected chi connectivity index (χ1v) is 5.01. The molecule has 0 fully saturated rings. The van der Waals surface area contributed by atoms with Gasteiger partial charge in [-0.25, -0.2) is 0 Å². The average molecular weight is 244 g/mol. The van der Waals surface area contributed by atoms with Crippen LogP contribution in [-0.4, -0.2) is 25.1 Å². The quantitative estimate of drug-likeness (QED) is 0.740. The fraction of sp³-hybridized carbons (Fsp3) is 0.400. The van der Waals surface area contributed by atoms with E-state index in [2.05, 4.69) is 34.0 Å². The van der Waals surface area contributed by atoms with E-state index in [-0.39, 0.29) is 0 Å². The minimum atomic E-state index is 0.738. The fourth-order valence-corrected chi connectivity index (χ4v) is 1.63. The molecule has 0 unspecified atom stereocenters. The summed E-state index contributed by atoms with van der Waals surface area (Å²) in [6.45, 7) is 9.31. The van der Waals surface area contributed by atoms with Crippen molar-refractivity contribution >= 4 is 15.9 Å². The summed E-state index contributed by atoms with van der Waals surface area (Å²) in [5, 5.41) is 0. The number of nitrogens with zero attached hydrogens (tertiary/aromatic N) is 1. The maximum Gasteiger partial charge on any atom is 0.156 e. The third-order valence-corrected chi connectivity index (χ3v) is 2.33. The zero-order valence-corrected chi connectivity index (χ0v) is 9.43. The van der Waals surface area contributed by atoms with E-state index in [0.29, 0.717) is 0 Å². The second kappa shape index (κ2) is 4.51. The molecule has 1 aliphatic rings. The normalized spacial score (nSPS) is 17.8. The summed E-state index contributed by atoms with van der Waals surface area (Å²) in [6.07, 6.45) is 2.82. The fourth-order valence-electron chi connectivity index (χ4n) is 1.31. The number of hydrogen-bond acceptors (Lipinski definition) is 2. The first-order chi connectivity index (χ1) is 6.16. The topological polar surface area (TPSA) is 12.5 Å². The van der Waals surface area contributed by atoms with Crippen LogP contribution in [0.5, 0.6) is 0 Å². The van der Waals surface area contributed by atoms with Crippen LogP contribution in [0, 0.1) is 0 Å². The van der Waals surface area contributed by atoms with E-state index >= 15 is 0 Å². The van der Waals surface area contributed by atoms with Crippen LogP contribution < -0.4 is 0 Å². The largest absolute Gasteiger partial charge is 0.490 e. The van der Waals surface area contributed by atoms with E-state index in [9.17, 15) is 0 Å². The number of rotatable bonds is 2. The van der Waals surface area contributed by atoms with Crippen LogP contribution >= 0.6 is 15.9 Å². The van der Waals surface area contributed by atoms with Crippen molar-refractivity contribution in [2.45, 2.75) is 6.42 Å². The van der Waals surface area contributed by atoms with E-state index in [0.717, 1.165) is 35.5 Å². The maximum atomic E-state index is 5.56. The van der Waals surface area contributed by atoms with Crippen molar-refractivity contribution in [1.29, 1.82) is 0 Å². The maximum absolute atomic E-state index is 5.56. The van der Waals surface area contributed by atoms with Crippen LogP contribution in [0.3, 0.4) is 0 Å². The van der Waals surface area contributed by atoms with Crippen LogP contribution in [0.2, 0.25) is 0 Å². The highest BCUT2D eigenvalue weighted by molar-refractivity contribution is 9.11. The lowest BCUT2D eigenvalue weighted by Crippen LogP contribution is -2.17. The predicted octanol–water partition coefficient (Wildman–Crippen LogP) is 2.64. The summed E-state index contributed by atoms with van der Waals surface area (Å²) in [4.78, 5) is 2.13. The van der Waals surface area contributed by atoms with Gasteiger partial charge < -0.3 is 9.64 Å². The van der Waals surface area contributed by atoms with Crippen molar-refractivity contribution in [3.63, 3.8) is 0 Å². The van der Waals surface area contributed by atoms with Gasteiger partial charge in [0.05, 0.1) is 16.8 Å². The molecule has 0 radical (unpaired) electrons. The van der Waals surface area contributed by atoms with Crippen molar-refractivity contribution in [3.05, 3.63) is 35.2 Å². The van der Waals surface area contributed by atoms with Gasteiger partial charge in [0.15, 0.2) is 5.76 Å². The molecule has 0 aromatic carbocycles. The molecule has 1 heterocycles. The molecule has 0 saturated heterocycles. The monoisotopic (exact) mass is 243 g/mol. The number of halogens is 1. The zero-order chi connectivity index (χ0) is 9.84. The van der Waals surface area contributed by atoms with Gasteiger partial charge in [-0.3, -0.25) is 0 Å². The smallest absolute Gasteiger partial charge is 0.156 e. The van der Waals surface area contributed by atoms with Gasteiger partial charge in [-0.1, -0.05) is 13.2 Å². The lowest BCUT2D eigenvalue weighted by Gasteiger charge is -2.18. The second-order valence-corrected chi connectivity index (χ2v) is 3.90. The second-order valence-electron chi connectivity index (χ2n) is 2.95. The Morgan fingerprint density at radius 2 is 2.38 bits per heavy atom. The molecule has 0 aliphatic carbocycles. The molecule has 0 spiro atoms. The van der Waals surface area contributed by atoms with Crippen molar-refractivity contribution in [1.82, 2.24) is 4.90 Å². The molecule has 0 amide bonds. The van der Waals surface area contributed by atoms with Gasteiger partial charge in [-0.05, 0) is 28.4 Å². The molecule has 1 aliphatic heterocycles.